The van der Waals surface area contributed by atoms with E-state index in [4.69, 9.17) is 15.3 Å². The van der Waals surface area contributed by atoms with Crippen LogP contribution in [0.4, 0.5) is 0 Å². The van der Waals surface area contributed by atoms with Gasteiger partial charge in [-0.05, 0) is 6.92 Å². The van der Waals surface area contributed by atoms with Crippen molar-refractivity contribution in [1.82, 2.24) is 5.43 Å². The molecule has 0 saturated carbocycles. The fraction of sp³-hybridized carbons (Fsp3) is 0.833. The van der Waals surface area contributed by atoms with Crippen molar-refractivity contribution in [2.45, 2.75) is 13.0 Å². The molecule has 1 amide bonds. The number of carbonyl (C=O) groups is 1. The van der Waals surface area contributed by atoms with E-state index in [-0.39, 0.29) is 5.91 Å². The maximum Gasteiger partial charge on any atom is 0.262 e. The molecule has 1 atom stereocenters. The zero-order valence-electron chi connectivity index (χ0n) is 6.79. The average molecular weight is 162 g/mol. The summed E-state index contributed by atoms with van der Waals surface area (Å²) in [4.78, 5) is 10.7. The van der Waals surface area contributed by atoms with Gasteiger partial charge in [0.25, 0.3) is 5.91 Å². The van der Waals surface area contributed by atoms with E-state index in [1.807, 2.05) is 5.43 Å². The molecule has 5 nitrogen and oxygen atoms in total. The van der Waals surface area contributed by atoms with E-state index in [9.17, 15) is 4.79 Å². The fourth-order valence-electron chi connectivity index (χ4n) is 0.501. The SMILES string of the molecule is COCCO[C@@H](C)C(=O)NN. The topological polar surface area (TPSA) is 73.6 Å². The standard InChI is InChI=1S/C6H14N2O3/c1-5(6(9)8-7)11-4-3-10-2/h5H,3-4,7H2,1-2H3,(H,8,9)/t5-/m0/s1. The van der Waals surface area contributed by atoms with Crippen LogP contribution in [0.1, 0.15) is 6.92 Å². The molecule has 0 aliphatic rings. The molecule has 0 fully saturated rings. The summed E-state index contributed by atoms with van der Waals surface area (Å²) in [6, 6.07) is 0. The molecule has 0 rings (SSSR count). The van der Waals surface area contributed by atoms with Gasteiger partial charge in [-0.15, -0.1) is 0 Å². The maximum atomic E-state index is 10.7. The number of nitrogens with two attached hydrogens (primary N) is 1. The van der Waals surface area contributed by atoms with Crippen molar-refractivity contribution >= 4 is 5.91 Å². The van der Waals surface area contributed by atoms with Crippen LogP contribution in [0.3, 0.4) is 0 Å². The number of hydrogen-bond acceptors (Lipinski definition) is 4. The van der Waals surface area contributed by atoms with E-state index in [1.54, 1.807) is 14.0 Å². The van der Waals surface area contributed by atoms with Crippen molar-refractivity contribution < 1.29 is 14.3 Å². The number of ether oxygens (including phenoxy) is 2. The molecule has 0 unspecified atom stereocenters. The van der Waals surface area contributed by atoms with Crippen molar-refractivity contribution in [3.8, 4) is 0 Å². The summed E-state index contributed by atoms with van der Waals surface area (Å²) in [5.74, 6) is 4.53. The smallest absolute Gasteiger partial charge is 0.262 e. The summed E-state index contributed by atoms with van der Waals surface area (Å²) in [5.41, 5.74) is 1.99. The zero-order chi connectivity index (χ0) is 8.69. The number of rotatable bonds is 5. The number of nitrogens with one attached hydrogen (secondary N) is 1. The second kappa shape index (κ2) is 6.09. The molecule has 0 aromatic carbocycles. The highest BCUT2D eigenvalue weighted by molar-refractivity contribution is 5.79. The molecule has 0 aliphatic heterocycles. The lowest BCUT2D eigenvalue weighted by molar-refractivity contribution is -0.132. The first kappa shape index (κ1) is 10.3. The third-order valence-electron chi connectivity index (χ3n) is 1.17. The number of carbonyl (C=O) groups excluding carboxylic acids is 1. The summed E-state index contributed by atoms with van der Waals surface area (Å²) in [6.07, 6.45) is -0.518. The molecule has 0 radical (unpaired) electrons. The maximum absolute atomic E-state index is 10.7. The third-order valence-corrected chi connectivity index (χ3v) is 1.17. The van der Waals surface area contributed by atoms with Crippen molar-refractivity contribution in [3.05, 3.63) is 0 Å². The Morgan fingerprint density at radius 3 is 2.73 bits per heavy atom. The third kappa shape index (κ3) is 4.72. The second-order valence-electron chi connectivity index (χ2n) is 2.01. The lowest BCUT2D eigenvalue weighted by Gasteiger charge is -2.09. The van der Waals surface area contributed by atoms with Crippen molar-refractivity contribution in [1.29, 1.82) is 0 Å². The molecular formula is C6H14N2O3. The van der Waals surface area contributed by atoms with E-state index in [2.05, 4.69) is 0 Å². The highest BCUT2D eigenvalue weighted by Gasteiger charge is 2.10. The van der Waals surface area contributed by atoms with E-state index >= 15 is 0 Å². The van der Waals surface area contributed by atoms with E-state index in [1.165, 1.54) is 0 Å². The summed E-state index contributed by atoms with van der Waals surface area (Å²) >= 11 is 0. The van der Waals surface area contributed by atoms with Gasteiger partial charge in [-0.1, -0.05) is 0 Å². The largest absolute Gasteiger partial charge is 0.382 e. The molecular weight excluding hydrogens is 148 g/mol. The molecule has 66 valence electrons. The van der Waals surface area contributed by atoms with E-state index in [0.29, 0.717) is 13.2 Å². The number of hydrogen-bond donors (Lipinski definition) is 2. The van der Waals surface area contributed by atoms with Crippen LogP contribution in [0, 0.1) is 0 Å². The Morgan fingerprint density at radius 2 is 2.27 bits per heavy atom. The van der Waals surface area contributed by atoms with Gasteiger partial charge in [-0.25, -0.2) is 5.84 Å². The monoisotopic (exact) mass is 162 g/mol. The Morgan fingerprint density at radius 1 is 1.64 bits per heavy atom. The van der Waals surface area contributed by atoms with Gasteiger partial charge in [0, 0.05) is 7.11 Å². The van der Waals surface area contributed by atoms with Crippen molar-refractivity contribution in [2.24, 2.45) is 5.84 Å². The summed E-state index contributed by atoms with van der Waals surface area (Å²) < 4.78 is 9.74. The molecule has 11 heavy (non-hydrogen) atoms. The molecule has 0 heterocycles. The first-order chi connectivity index (χ1) is 5.22. The lowest BCUT2D eigenvalue weighted by Crippen LogP contribution is -2.39. The Kier molecular flexibility index (Phi) is 5.73. The van der Waals surface area contributed by atoms with Crippen molar-refractivity contribution in [2.75, 3.05) is 20.3 Å². The van der Waals surface area contributed by atoms with Gasteiger partial charge in [0.2, 0.25) is 0 Å². The van der Waals surface area contributed by atoms with Crippen LogP contribution in [0.25, 0.3) is 0 Å². The van der Waals surface area contributed by atoms with Crippen LogP contribution in [-0.2, 0) is 14.3 Å². The summed E-state index contributed by atoms with van der Waals surface area (Å²) in [6.45, 7) is 2.49. The first-order valence-corrected chi connectivity index (χ1v) is 3.33. The number of hydrazine groups is 1. The zero-order valence-corrected chi connectivity index (χ0v) is 6.79. The first-order valence-electron chi connectivity index (χ1n) is 3.33. The van der Waals surface area contributed by atoms with Gasteiger partial charge < -0.3 is 9.47 Å². The van der Waals surface area contributed by atoms with Crippen LogP contribution in [0.2, 0.25) is 0 Å². The average Bonchev–Trinajstić information content (AvgIpc) is 2.03. The van der Waals surface area contributed by atoms with Crippen molar-refractivity contribution in [3.63, 3.8) is 0 Å². The van der Waals surface area contributed by atoms with Gasteiger partial charge in [0.1, 0.15) is 6.10 Å². The van der Waals surface area contributed by atoms with Crippen LogP contribution in [-0.4, -0.2) is 32.3 Å². The van der Waals surface area contributed by atoms with E-state index < -0.39 is 6.10 Å². The quantitative estimate of drug-likeness (QED) is 0.236. The minimum absolute atomic E-state index is 0.332. The predicted octanol–water partition coefficient (Wildman–Crippen LogP) is -0.972. The highest BCUT2D eigenvalue weighted by Crippen LogP contribution is 1.88. The number of amides is 1. The van der Waals surface area contributed by atoms with Gasteiger partial charge in [-0.2, -0.15) is 0 Å². The Hall–Kier alpha value is -0.650. The minimum atomic E-state index is -0.518. The summed E-state index contributed by atoms with van der Waals surface area (Å²) in [7, 11) is 1.57. The normalized spacial score (nSPS) is 12.6. The van der Waals surface area contributed by atoms with Gasteiger partial charge >= 0.3 is 0 Å². The van der Waals surface area contributed by atoms with Gasteiger partial charge in [0.05, 0.1) is 13.2 Å². The van der Waals surface area contributed by atoms with Crippen LogP contribution in [0.5, 0.6) is 0 Å². The molecule has 0 saturated heterocycles. The molecule has 3 N–H and O–H groups in total. The molecule has 0 bridgehead atoms. The van der Waals surface area contributed by atoms with Crippen LogP contribution >= 0.6 is 0 Å². The Bertz CT molecular complexity index is 118. The minimum Gasteiger partial charge on any atom is -0.382 e. The number of methoxy groups -OCH3 is 1. The Labute approximate surface area is 65.8 Å². The molecule has 0 spiro atoms. The van der Waals surface area contributed by atoms with Gasteiger partial charge in [-0.3, -0.25) is 10.2 Å². The van der Waals surface area contributed by atoms with Crippen LogP contribution < -0.4 is 11.3 Å². The predicted molar refractivity (Wildman–Crippen MR) is 39.6 cm³/mol. The fourth-order valence-corrected chi connectivity index (χ4v) is 0.501. The van der Waals surface area contributed by atoms with Crippen LogP contribution in [0.15, 0.2) is 0 Å². The highest BCUT2D eigenvalue weighted by atomic mass is 16.5. The molecule has 5 heteroatoms. The lowest BCUT2D eigenvalue weighted by atomic mass is 10.4. The molecule has 0 aliphatic carbocycles. The Balaban J connectivity index is 3.36. The van der Waals surface area contributed by atoms with E-state index in [0.717, 1.165) is 0 Å². The van der Waals surface area contributed by atoms with Gasteiger partial charge in [0.15, 0.2) is 0 Å². The summed E-state index contributed by atoms with van der Waals surface area (Å²) in [5, 5.41) is 0. The second-order valence-corrected chi connectivity index (χ2v) is 2.01. The molecule has 0 aromatic heterocycles. The molecule has 0 aromatic rings.